The van der Waals surface area contributed by atoms with Crippen LogP contribution in [0.25, 0.3) is 11.4 Å². The molecular formula is C9H8N6OS2. The predicted octanol–water partition coefficient (Wildman–Crippen LogP) is 1.79. The van der Waals surface area contributed by atoms with E-state index in [1.54, 1.807) is 11.3 Å². The van der Waals surface area contributed by atoms with Crippen molar-refractivity contribution >= 4 is 29.0 Å². The molecule has 0 aliphatic heterocycles. The lowest BCUT2D eigenvalue weighted by Gasteiger charge is -1.88. The summed E-state index contributed by atoms with van der Waals surface area (Å²) in [7, 11) is 0. The van der Waals surface area contributed by atoms with E-state index < -0.39 is 0 Å². The van der Waals surface area contributed by atoms with Gasteiger partial charge in [0.25, 0.3) is 0 Å². The SMILES string of the molecule is Nc1nc(SCc2nc(-c3ccsc3)no2)n[nH]1. The lowest BCUT2D eigenvalue weighted by atomic mass is 10.3. The molecule has 7 nitrogen and oxygen atoms in total. The number of aromatic amines is 1. The van der Waals surface area contributed by atoms with Crippen LogP contribution in [0, 0.1) is 0 Å². The fraction of sp³-hybridized carbons (Fsp3) is 0.111. The van der Waals surface area contributed by atoms with E-state index in [1.807, 2.05) is 16.8 Å². The van der Waals surface area contributed by atoms with E-state index >= 15 is 0 Å². The number of aromatic nitrogens is 5. The van der Waals surface area contributed by atoms with Gasteiger partial charge in [0.05, 0.1) is 5.75 Å². The molecular weight excluding hydrogens is 272 g/mol. The van der Waals surface area contributed by atoms with Crippen molar-refractivity contribution in [3.8, 4) is 11.4 Å². The highest BCUT2D eigenvalue weighted by Crippen LogP contribution is 2.22. The van der Waals surface area contributed by atoms with Crippen molar-refractivity contribution < 1.29 is 4.52 Å². The number of nitrogens with two attached hydrogens (primary N) is 1. The zero-order chi connectivity index (χ0) is 12.4. The lowest BCUT2D eigenvalue weighted by molar-refractivity contribution is 0.391. The molecule has 9 heteroatoms. The third kappa shape index (κ3) is 2.36. The maximum atomic E-state index is 5.42. The van der Waals surface area contributed by atoms with Crippen LogP contribution in [-0.2, 0) is 5.75 Å². The summed E-state index contributed by atoms with van der Waals surface area (Å²) in [5.74, 6) is 1.93. The van der Waals surface area contributed by atoms with E-state index in [-0.39, 0.29) is 0 Å². The number of rotatable bonds is 4. The highest BCUT2D eigenvalue weighted by molar-refractivity contribution is 7.98. The second-order valence-electron chi connectivity index (χ2n) is 3.32. The normalized spacial score (nSPS) is 10.9. The van der Waals surface area contributed by atoms with E-state index in [4.69, 9.17) is 10.3 Å². The zero-order valence-electron chi connectivity index (χ0n) is 9.03. The Kier molecular flexibility index (Phi) is 2.99. The molecule has 0 aliphatic rings. The van der Waals surface area contributed by atoms with Gasteiger partial charge in [-0.05, 0) is 11.4 Å². The van der Waals surface area contributed by atoms with Gasteiger partial charge in [-0.3, -0.25) is 0 Å². The Morgan fingerprint density at radius 1 is 1.44 bits per heavy atom. The summed E-state index contributed by atoms with van der Waals surface area (Å²) < 4.78 is 5.14. The van der Waals surface area contributed by atoms with Crippen LogP contribution < -0.4 is 5.73 Å². The van der Waals surface area contributed by atoms with Gasteiger partial charge in [-0.1, -0.05) is 16.9 Å². The Morgan fingerprint density at radius 2 is 2.39 bits per heavy atom. The molecule has 3 aromatic rings. The Balaban J connectivity index is 1.67. The summed E-state index contributed by atoms with van der Waals surface area (Å²) in [5.41, 5.74) is 6.38. The number of hydrogen-bond acceptors (Lipinski definition) is 8. The molecule has 18 heavy (non-hydrogen) atoms. The Hall–Kier alpha value is -1.87. The number of nitrogen functional groups attached to an aromatic ring is 1. The number of H-pyrrole nitrogens is 1. The molecule has 3 rings (SSSR count). The summed E-state index contributed by atoms with van der Waals surface area (Å²) in [6, 6.07) is 1.95. The molecule has 3 aromatic heterocycles. The third-order valence-corrected chi connectivity index (χ3v) is 3.57. The van der Waals surface area contributed by atoms with Crippen LogP contribution in [-0.4, -0.2) is 25.3 Å². The molecule has 0 spiro atoms. The van der Waals surface area contributed by atoms with E-state index in [1.165, 1.54) is 11.8 Å². The molecule has 0 atom stereocenters. The molecule has 0 fully saturated rings. The second kappa shape index (κ2) is 4.78. The van der Waals surface area contributed by atoms with Crippen molar-refractivity contribution in [3.05, 3.63) is 22.7 Å². The van der Waals surface area contributed by atoms with Crippen LogP contribution in [0.1, 0.15) is 5.89 Å². The predicted molar refractivity (Wildman–Crippen MR) is 68.0 cm³/mol. The average Bonchev–Trinajstić information content (AvgIpc) is 3.07. The van der Waals surface area contributed by atoms with Gasteiger partial charge in [0.2, 0.25) is 22.8 Å². The van der Waals surface area contributed by atoms with E-state index in [9.17, 15) is 0 Å². The Labute approximate surface area is 110 Å². The first-order chi connectivity index (χ1) is 8.81. The molecule has 0 aromatic carbocycles. The van der Waals surface area contributed by atoms with Crippen LogP contribution in [0.15, 0.2) is 26.5 Å². The summed E-state index contributed by atoms with van der Waals surface area (Å²) in [5, 5.41) is 14.9. The fourth-order valence-corrected chi connectivity index (χ4v) is 2.55. The topological polar surface area (TPSA) is 107 Å². The molecule has 0 saturated heterocycles. The van der Waals surface area contributed by atoms with Crippen LogP contribution in [0.3, 0.4) is 0 Å². The van der Waals surface area contributed by atoms with Crippen LogP contribution in [0.5, 0.6) is 0 Å². The zero-order valence-corrected chi connectivity index (χ0v) is 10.7. The van der Waals surface area contributed by atoms with Crippen molar-refractivity contribution in [2.45, 2.75) is 10.9 Å². The van der Waals surface area contributed by atoms with Gasteiger partial charge in [0.1, 0.15) is 0 Å². The second-order valence-corrected chi connectivity index (χ2v) is 5.04. The Bertz CT molecular complexity index is 631. The van der Waals surface area contributed by atoms with E-state index in [0.29, 0.717) is 28.6 Å². The van der Waals surface area contributed by atoms with Crippen molar-refractivity contribution in [2.24, 2.45) is 0 Å². The number of anilines is 1. The molecule has 0 amide bonds. The third-order valence-electron chi connectivity index (χ3n) is 2.05. The maximum absolute atomic E-state index is 5.42. The van der Waals surface area contributed by atoms with Gasteiger partial charge in [0.15, 0.2) is 0 Å². The fourth-order valence-electron chi connectivity index (χ4n) is 1.27. The van der Waals surface area contributed by atoms with Gasteiger partial charge in [0, 0.05) is 10.9 Å². The average molecular weight is 280 g/mol. The van der Waals surface area contributed by atoms with Crippen LogP contribution >= 0.6 is 23.1 Å². The molecule has 0 aliphatic carbocycles. The Morgan fingerprint density at radius 3 is 3.11 bits per heavy atom. The standard InChI is InChI=1S/C9H8N6OS2/c10-8-12-9(14-13-8)18-4-6-11-7(15-16-6)5-1-2-17-3-5/h1-3H,4H2,(H3,10,12,13,14). The van der Waals surface area contributed by atoms with Gasteiger partial charge in [-0.2, -0.15) is 21.3 Å². The quantitative estimate of drug-likeness (QED) is 0.701. The highest BCUT2D eigenvalue weighted by Gasteiger charge is 2.10. The van der Waals surface area contributed by atoms with Gasteiger partial charge >= 0.3 is 0 Å². The summed E-state index contributed by atoms with van der Waals surface area (Å²) in [6.07, 6.45) is 0. The van der Waals surface area contributed by atoms with Crippen molar-refractivity contribution in [2.75, 3.05) is 5.73 Å². The van der Waals surface area contributed by atoms with Crippen molar-refractivity contribution in [1.29, 1.82) is 0 Å². The lowest BCUT2D eigenvalue weighted by Crippen LogP contribution is -1.85. The first-order valence-electron chi connectivity index (χ1n) is 4.97. The van der Waals surface area contributed by atoms with Crippen LogP contribution in [0.2, 0.25) is 0 Å². The minimum Gasteiger partial charge on any atom is -0.368 e. The molecule has 0 bridgehead atoms. The van der Waals surface area contributed by atoms with E-state index in [2.05, 4.69) is 25.3 Å². The summed E-state index contributed by atoms with van der Waals surface area (Å²) >= 11 is 2.97. The van der Waals surface area contributed by atoms with Gasteiger partial charge in [-0.25, -0.2) is 5.10 Å². The first-order valence-corrected chi connectivity index (χ1v) is 6.90. The maximum Gasteiger partial charge on any atom is 0.237 e. The minimum absolute atomic E-state index is 0.294. The number of nitrogens with zero attached hydrogens (tertiary/aromatic N) is 4. The van der Waals surface area contributed by atoms with Gasteiger partial charge in [-0.15, -0.1) is 5.10 Å². The molecule has 3 N–H and O–H groups in total. The summed E-state index contributed by atoms with van der Waals surface area (Å²) in [4.78, 5) is 8.25. The number of nitrogens with one attached hydrogen (secondary N) is 1. The monoisotopic (exact) mass is 280 g/mol. The molecule has 0 radical (unpaired) electrons. The highest BCUT2D eigenvalue weighted by atomic mass is 32.2. The first kappa shape index (κ1) is 11.2. The number of thiophene rings is 1. The smallest absolute Gasteiger partial charge is 0.237 e. The summed E-state index contributed by atoms with van der Waals surface area (Å²) in [6.45, 7) is 0. The van der Waals surface area contributed by atoms with Gasteiger partial charge < -0.3 is 10.3 Å². The van der Waals surface area contributed by atoms with Crippen LogP contribution in [0.4, 0.5) is 5.95 Å². The molecule has 3 heterocycles. The number of hydrogen-bond donors (Lipinski definition) is 2. The van der Waals surface area contributed by atoms with E-state index in [0.717, 1.165) is 5.56 Å². The van der Waals surface area contributed by atoms with Crippen molar-refractivity contribution in [3.63, 3.8) is 0 Å². The molecule has 0 unspecified atom stereocenters. The minimum atomic E-state index is 0.294. The molecule has 92 valence electrons. The largest absolute Gasteiger partial charge is 0.368 e. The number of thioether (sulfide) groups is 1. The van der Waals surface area contributed by atoms with Crippen molar-refractivity contribution in [1.82, 2.24) is 25.3 Å². The molecule has 0 saturated carbocycles.